The lowest BCUT2D eigenvalue weighted by molar-refractivity contribution is -0.119. The van der Waals surface area contributed by atoms with Crippen molar-refractivity contribution in [3.05, 3.63) is 30.1 Å². The smallest absolute Gasteiger partial charge is 0.413 e. The number of imide groups is 1. The van der Waals surface area contributed by atoms with E-state index in [1.54, 1.807) is 19.1 Å². The number of hydrogen-bond acceptors (Lipinski definition) is 7. The molecular weight excluding hydrogens is 313 g/mol. The second-order valence-corrected chi connectivity index (χ2v) is 5.39. The van der Waals surface area contributed by atoms with E-state index in [-0.39, 0.29) is 16.7 Å². The number of nitrogens with one attached hydrogen (secondary N) is 1. The molecule has 1 aromatic carbocycles. The lowest BCUT2D eigenvalue weighted by Crippen LogP contribution is -2.35. The van der Waals surface area contributed by atoms with Crippen LogP contribution < -0.4 is 5.32 Å². The molecule has 0 aliphatic heterocycles. The van der Waals surface area contributed by atoms with Crippen LogP contribution in [0.5, 0.6) is 0 Å². The zero-order chi connectivity index (χ0) is 16.1. The van der Waals surface area contributed by atoms with Crippen LogP contribution in [0.25, 0.3) is 11.5 Å². The number of carbonyl (C=O) groups is 2. The molecule has 0 aliphatic carbocycles. The lowest BCUT2D eigenvalue weighted by Gasteiger charge is -2.07. The first-order valence-electron chi connectivity index (χ1n) is 6.15. The van der Waals surface area contributed by atoms with Gasteiger partial charge in [0.15, 0.2) is 0 Å². The van der Waals surface area contributed by atoms with Gasteiger partial charge in [-0.1, -0.05) is 23.9 Å². The van der Waals surface area contributed by atoms with Crippen molar-refractivity contribution in [2.75, 3.05) is 7.11 Å². The Morgan fingerprint density at radius 1 is 1.36 bits per heavy atom. The zero-order valence-electron chi connectivity index (χ0n) is 11.7. The standard InChI is InChI=1S/C13H12FN3O4S/c1-7(10(18)15-12(19)20-2)22-13-17-16-11(21-13)8-5-3-4-6-9(8)14/h3-7H,1-2H3,(H,15,18,19)/t7-/m0/s1. The molecule has 2 amide bonds. The Bertz CT molecular complexity index is 691. The molecule has 0 saturated heterocycles. The maximum absolute atomic E-state index is 13.6. The third-order valence-electron chi connectivity index (χ3n) is 2.57. The predicted octanol–water partition coefficient (Wildman–Crippen LogP) is 2.24. The molecule has 2 rings (SSSR count). The summed E-state index contributed by atoms with van der Waals surface area (Å²) in [7, 11) is 1.15. The van der Waals surface area contributed by atoms with E-state index in [9.17, 15) is 14.0 Å². The van der Waals surface area contributed by atoms with Crippen LogP contribution in [0.1, 0.15) is 6.92 Å². The van der Waals surface area contributed by atoms with Gasteiger partial charge in [0.1, 0.15) is 5.82 Å². The summed E-state index contributed by atoms with van der Waals surface area (Å²) in [6.45, 7) is 1.55. The van der Waals surface area contributed by atoms with Crippen molar-refractivity contribution in [2.24, 2.45) is 0 Å². The maximum atomic E-state index is 13.6. The number of carbonyl (C=O) groups excluding carboxylic acids is 2. The summed E-state index contributed by atoms with van der Waals surface area (Å²) >= 11 is 0.943. The number of rotatable bonds is 4. The van der Waals surface area contributed by atoms with Crippen LogP contribution in [0.3, 0.4) is 0 Å². The van der Waals surface area contributed by atoms with Crippen molar-refractivity contribution in [2.45, 2.75) is 17.4 Å². The zero-order valence-corrected chi connectivity index (χ0v) is 12.5. The molecule has 0 saturated carbocycles. The number of nitrogens with zero attached hydrogens (tertiary/aromatic N) is 2. The normalized spacial score (nSPS) is 11.8. The monoisotopic (exact) mass is 325 g/mol. The molecule has 116 valence electrons. The van der Waals surface area contributed by atoms with Crippen LogP contribution in [0.4, 0.5) is 9.18 Å². The van der Waals surface area contributed by atoms with Crippen LogP contribution in [0.2, 0.25) is 0 Å². The summed E-state index contributed by atoms with van der Waals surface area (Å²) < 4.78 is 23.2. The lowest BCUT2D eigenvalue weighted by atomic mass is 10.2. The number of ether oxygens (including phenoxy) is 1. The Kier molecular flexibility index (Phi) is 5.10. The van der Waals surface area contributed by atoms with Gasteiger partial charge in [0.25, 0.3) is 11.1 Å². The summed E-state index contributed by atoms with van der Waals surface area (Å²) in [4.78, 5) is 22.6. The van der Waals surface area contributed by atoms with E-state index in [0.29, 0.717) is 0 Å². The molecule has 0 aliphatic rings. The van der Waals surface area contributed by atoms with Crippen LogP contribution >= 0.6 is 11.8 Å². The van der Waals surface area contributed by atoms with Crippen LogP contribution in [0.15, 0.2) is 33.9 Å². The van der Waals surface area contributed by atoms with Gasteiger partial charge in [0.05, 0.1) is 17.9 Å². The first-order chi connectivity index (χ1) is 10.5. The number of alkyl carbamates (subject to hydrolysis) is 1. The number of amides is 2. The molecule has 0 unspecified atom stereocenters. The molecule has 1 heterocycles. The van der Waals surface area contributed by atoms with Crippen molar-refractivity contribution in [3.8, 4) is 11.5 Å². The number of thioether (sulfide) groups is 1. The Balaban J connectivity index is 2.05. The van der Waals surface area contributed by atoms with Gasteiger partial charge in [-0.25, -0.2) is 9.18 Å². The van der Waals surface area contributed by atoms with Gasteiger partial charge in [-0.2, -0.15) is 0 Å². The van der Waals surface area contributed by atoms with E-state index in [4.69, 9.17) is 4.42 Å². The highest BCUT2D eigenvalue weighted by atomic mass is 32.2. The van der Waals surface area contributed by atoms with Gasteiger partial charge in [0, 0.05) is 0 Å². The van der Waals surface area contributed by atoms with E-state index < -0.39 is 23.1 Å². The first kappa shape index (κ1) is 16.0. The SMILES string of the molecule is COC(=O)NC(=O)[C@H](C)Sc1nnc(-c2ccccc2F)o1. The fourth-order valence-electron chi connectivity index (χ4n) is 1.46. The van der Waals surface area contributed by atoms with Gasteiger partial charge in [0.2, 0.25) is 5.91 Å². The van der Waals surface area contributed by atoms with E-state index in [0.717, 1.165) is 18.9 Å². The molecule has 9 heteroatoms. The molecule has 1 N–H and O–H groups in total. The minimum absolute atomic E-state index is 0.0150. The predicted molar refractivity (Wildman–Crippen MR) is 75.6 cm³/mol. The van der Waals surface area contributed by atoms with Crippen molar-refractivity contribution in [3.63, 3.8) is 0 Å². The second kappa shape index (κ2) is 7.03. The van der Waals surface area contributed by atoms with Gasteiger partial charge < -0.3 is 9.15 Å². The summed E-state index contributed by atoms with van der Waals surface area (Å²) in [6.07, 6.45) is -0.852. The first-order valence-corrected chi connectivity index (χ1v) is 7.03. The highest BCUT2D eigenvalue weighted by Gasteiger charge is 2.21. The molecule has 2 aromatic rings. The van der Waals surface area contributed by atoms with Crippen molar-refractivity contribution >= 4 is 23.8 Å². The summed E-state index contributed by atoms with van der Waals surface area (Å²) in [5.74, 6) is -1.04. The number of halogens is 1. The van der Waals surface area contributed by atoms with E-state index in [1.807, 2.05) is 5.32 Å². The van der Waals surface area contributed by atoms with Crippen molar-refractivity contribution in [1.82, 2.24) is 15.5 Å². The molecule has 0 bridgehead atoms. The minimum atomic E-state index is -0.852. The largest absolute Gasteiger partial charge is 0.453 e. The summed E-state index contributed by atoms with van der Waals surface area (Å²) in [6, 6.07) is 5.97. The molecule has 0 fully saturated rings. The average Bonchev–Trinajstić information content (AvgIpc) is 2.95. The minimum Gasteiger partial charge on any atom is -0.453 e. The highest BCUT2D eigenvalue weighted by molar-refractivity contribution is 8.00. The fourth-order valence-corrected chi connectivity index (χ4v) is 2.14. The third kappa shape index (κ3) is 3.82. The highest BCUT2D eigenvalue weighted by Crippen LogP contribution is 2.27. The van der Waals surface area contributed by atoms with E-state index >= 15 is 0 Å². The van der Waals surface area contributed by atoms with Gasteiger partial charge >= 0.3 is 6.09 Å². The maximum Gasteiger partial charge on any atom is 0.413 e. The van der Waals surface area contributed by atoms with E-state index in [2.05, 4.69) is 14.9 Å². The Morgan fingerprint density at radius 2 is 2.09 bits per heavy atom. The molecule has 0 radical (unpaired) electrons. The summed E-state index contributed by atoms with van der Waals surface area (Å²) in [5.41, 5.74) is 0.175. The Morgan fingerprint density at radius 3 is 2.77 bits per heavy atom. The third-order valence-corrected chi connectivity index (χ3v) is 3.50. The number of benzene rings is 1. The quantitative estimate of drug-likeness (QED) is 0.861. The van der Waals surface area contributed by atoms with Gasteiger partial charge in [-0.3, -0.25) is 10.1 Å². The Labute approximate surface area is 129 Å². The average molecular weight is 325 g/mol. The number of aromatic nitrogens is 2. The molecule has 22 heavy (non-hydrogen) atoms. The fraction of sp³-hybridized carbons (Fsp3) is 0.231. The van der Waals surface area contributed by atoms with Crippen molar-refractivity contribution < 1.29 is 23.1 Å². The molecule has 1 atom stereocenters. The molecule has 0 spiro atoms. The number of hydrogen-bond donors (Lipinski definition) is 1. The van der Waals surface area contributed by atoms with Crippen LogP contribution in [0, 0.1) is 5.82 Å². The second-order valence-electron chi connectivity index (χ2n) is 4.09. The molecule has 1 aromatic heterocycles. The van der Waals surface area contributed by atoms with Crippen LogP contribution in [-0.4, -0.2) is 34.6 Å². The Hall–Kier alpha value is -2.42. The molecule has 7 nitrogen and oxygen atoms in total. The van der Waals surface area contributed by atoms with Crippen molar-refractivity contribution in [1.29, 1.82) is 0 Å². The van der Waals surface area contributed by atoms with Gasteiger partial charge in [-0.05, 0) is 19.1 Å². The summed E-state index contributed by atoms with van der Waals surface area (Å²) in [5, 5.41) is 8.92. The topological polar surface area (TPSA) is 94.3 Å². The number of methoxy groups -OCH3 is 1. The van der Waals surface area contributed by atoms with E-state index in [1.165, 1.54) is 12.1 Å². The van der Waals surface area contributed by atoms with Crippen LogP contribution in [-0.2, 0) is 9.53 Å². The molecular formula is C13H12FN3O4S. The van der Waals surface area contributed by atoms with Gasteiger partial charge in [-0.15, -0.1) is 10.2 Å².